The van der Waals surface area contributed by atoms with Gasteiger partial charge in [0.15, 0.2) is 9.84 Å². The average Bonchev–Trinajstić information content (AvgIpc) is 2.18. The molecule has 0 aliphatic carbocycles. The molecule has 0 amide bonds. The van der Waals surface area contributed by atoms with Gasteiger partial charge in [-0.25, -0.2) is 8.42 Å². The summed E-state index contributed by atoms with van der Waals surface area (Å²) in [7, 11) is -3.14. The van der Waals surface area contributed by atoms with Crippen molar-refractivity contribution in [2.45, 2.75) is 17.2 Å². The number of hydrogen-bond donors (Lipinski definition) is 0. The van der Waals surface area contributed by atoms with Crippen LogP contribution >= 0.6 is 0 Å². The van der Waals surface area contributed by atoms with Crippen LogP contribution in [0.4, 0.5) is 0 Å². The zero-order chi connectivity index (χ0) is 10.2. The Hall–Kier alpha value is -1.16. The largest absolute Gasteiger partial charge is 0.303 e. The van der Waals surface area contributed by atoms with Gasteiger partial charge in [-0.05, 0) is 18.1 Å². The Morgan fingerprint density at radius 1 is 1.29 bits per heavy atom. The SMILES string of the molecule is O=CC1CCS(=O)(=O)c2ccccc21. The first-order valence-electron chi connectivity index (χ1n) is 4.42. The van der Waals surface area contributed by atoms with Crippen molar-refractivity contribution in [1.29, 1.82) is 0 Å². The molecule has 1 aromatic carbocycles. The summed E-state index contributed by atoms with van der Waals surface area (Å²) in [6.07, 6.45) is 1.23. The molecule has 0 radical (unpaired) electrons. The maximum absolute atomic E-state index is 11.6. The molecule has 1 atom stereocenters. The van der Waals surface area contributed by atoms with E-state index in [4.69, 9.17) is 0 Å². The number of hydrogen-bond acceptors (Lipinski definition) is 3. The van der Waals surface area contributed by atoms with Crippen LogP contribution in [0.15, 0.2) is 29.2 Å². The van der Waals surface area contributed by atoms with Crippen LogP contribution < -0.4 is 0 Å². The molecule has 0 bridgehead atoms. The molecule has 1 aliphatic rings. The standard InChI is InChI=1S/C10H10O3S/c11-7-8-5-6-14(12,13)10-4-2-1-3-9(8)10/h1-4,7-8H,5-6H2. The van der Waals surface area contributed by atoms with Crippen LogP contribution in [0.1, 0.15) is 17.9 Å². The predicted molar refractivity (Wildman–Crippen MR) is 51.9 cm³/mol. The Morgan fingerprint density at radius 3 is 2.71 bits per heavy atom. The van der Waals surface area contributed by atoms with Crippen LogP contribution in [0, 0.1) is 0 Å². The minimum Gasteiger partial charge on any atom is -0.303 e. The molecule has 1 aliphatic heterocycles. The second-order valence-electron chi connectivity index (χ2n) is 3.39. The Bertz CT molecular complexity index is 462. The van der Waals surface area contributed by atoms with Crippen molar-refractivity contribution in [3.05, 3.63) is 29.8 Å². The van der Waals surface area contributed by atoms with Crippen LogP contribution in [-0.2, 0) is 14.6 Å². The number of carbonyl (C=O) groups is 1. The maximum atomic E-state index is 11.6. The van der Waals surface area contributed by atoms with E-state index in [1.54, 1.807) is 24.3 Å². The number of carbonyl (C=O) groups excluding carboxylic acids is 1. The molecule has 0 spiro atoms. The van der Waals surface area contributed by atoms with Gasteiger partial charge in [-0.3, -0.25) is 0 Å². The molecule has 1 unspecified atom stereocenters. The van der Waals surface area contributed by atoms with Crippen molar-refractivity contribution in [1.82, 2.24) is 0 Å². The van der Waals surface area contributed by atoms with E-state index in [1.165, 1.54) is 0 Å². The van der Waals surface area contributed by atoms with Gasteiger partial charge in [0.1, 0.15) is 6.29 Å². The van der Waals surface area contributed by atoms with E-state index in [0.29, 0.717) is 16.9 Å². The normalized spacial score (nSPS) is 23.9. The summed E-state index contributed by atoms with van der Waals surface area (Å²) in [5.41, 5.74) is 0.647. The minimum atomic E-state index is -3.14. The number of aldehydes is 1. The van der Waals surface area contributed by atoms with E-state index in [1.807, 2.05) is 0 Å². The Labute approximate surface area is 82.7 Å². The van der Waals surface area contributed by atoms with Crippen LogP contribution in [0.3, 0.4) is 0 Å². The topological polar surface area (TPSA) is 51.2 Å². The Kier molecular flexibility index (Phi) is 2.15. The number of rotatable bonds is 1. The molecule has 3 nitrogen and oxygen atoms in total. The first kappa shape index (κ1) is 9.40. The zero-order valence-corrected chi connectivity index (χ0v) is 8.33. The van der Waals surface area contributed by atoms with Crippen LogP contribution in [0.2, 0.25) is 0 Å². The lowest BCUT2D eigenvalue weighted by Gasteiger charge is -2.20. The van der Waals surface area contributed by atoms with E-state index < -0.39 is 9.84 Å². The van der Waals surface area contributed by atoms with Gasteiger partial charge in [0.05, 0.1) is 10.6 Å². The lowest BCUT2D eigenvalue weighted by Crippen LogP contribution is -2.20. The zero-order valence-electron chi connectivity index (χ0n) is 7.51. The molecule has 0 saturated carbocycles. The van der Waals surface area contributed by atoms with Crippen molar-refractivity contribution in [2.75, 3.05) is 5.75 Å². The fourth-order valence-electron chi connectivity index (χ4n) is 1.76. The Morgan fingerprint density at radius 2 is 2.00 bits per heavy atom. The van der Waals surface area contributed by atoms with Crippen LogP contribution in [0.5, 0.6) is 0 Å². The highest BCUT2D eigenvalue weighted by Gasteiger charge is 2.29. The summed E-state index contributed by atoms with van der Waals surface area (Å²) < 4.78 is 23.2. The lowest BCUT2D eigenvalue weighted by molar-refractivity contribution is -0.109. The molecule has 0 aromatic heterocycles. The summed E-state index contributed by atoms with van der Waals surface area (Å²) in [6.45, 7) is 0. The number of sulfone groups is 1. The summed E-state index contributed by atoms with van der Waals surface area (Å²) >= 11 is 0. The van der Waals surface area contributed by atoms with Crippen molar-refractivity contribution in [3.63, 3.8) is 0 Å². The third-order valence-electron chi connectivity index (χ3n) is 2.52. The highest BCUT2D eigenvalue weighted by molar-refractivity contribution is 7.91. The second-order valence-corrected chi connectivity index (χ2v) is 5.47. The third kappa shape index (κ3) is 1.35. The monoisotopic (exact) mass is 210 g/mol. The molecule has 74 valence electrons. The molecular weight excluding hydrogens is 200 g/mol. The quantitative estimate of drug-likeness (QED) is 0.653. The van der Waals surface area contributed by atoms with Crippen LogP contribution in [0.25, 0.3) is 0 Å². The van der Waals surface area contributed by atoms with Gasteiger partial charge >= 0.3 is 0 Å². The molecule has 1 aromatic rings. The number of fused-ring (bicyclic) bond motifs is 1. The van der Waals surface area contributed by atoms with Crippen molar-refractivity contribution in [3.8, 4) is 0 Å². The van der Waals surface area contributed by atoms with E-state index in [2.05, 4.69) is 0 Å². The Balaban J connectivity index is 2.66. The first-order chi connectivity index (χ1) is 6.65. The molecule has 14 heavy (non-hydrogen) atoms. The van der Waals surface area contributed by atoms with E-state index in [9.17, 15) is 13.2 Å². The summed E-state index contributed by atoms with van der Waals surface area (Å²) in [5, 5.41) is 0. The van der Waals surface area contributed by atoms with E-state index in [0.717, 1.165) is 6.29 Å². The molecule has 0 saturated heterocycles. The molecule has 2 rings (SSSR count). The number of benzene rings is 1. The average molecular weight is 210 g/mol. The molecule has 4 heteroatoms. The third-order valence-corrected chi connectivity index (χ3v) is 4.33. The first-order valence-corrected chi connectivity index (χ1v) is 6.07. The fourth-order valence-corrected chi connectivity index (χ4v) is 3.41. The van der Waals surface area contributed by atoms with Gasteiger partial charge in [-0.1, -0.05) is 18.2 Å². The minimum absolute atomic E-state index is 0.0768. The lowest BCUT2D eigenvalue weighted by atomic mass is 9.98. The predicted octanol–water partition coefficient (Wildman–Crippen LogP) is 1.15. The van der Waals surface area contributed by atoms with Crippen LogP contribution in [-0.4, -0.2) is 20.5 Å². The van der Waals surface area contributed by atoms with Gasteiger partial charge in [-0.15, -0.1) is 0 Å². The maximum Gasteiger partial charge on any atom is 0.178 e. The second kappa shape index (κ2) is 3.20. The molecule has 0 N–H and O–H groups in total. The highest BCUT2D eigenvalue weighted by atomic mass is 32.2. The van der Waals surface area contributed by atoms with Gasteiger partial charge < -0.3 is 4.79 Å². The fraction of sp³-hybridized carbons (Fsp3) is 0.300. The summed E-state index contributed by atoms with van der Waals surface area (Å²) in [5.74, 6) is -0.178. The van der Waals surface area contributed by atoms with E-state index >= 15 is 0 Å². The van der Waals surface area contributed by atoms with Gasteiger partial charge in [0.25, 0.3) is 0 Å². The highest BCUT2D eigenvalue weighted by Crippen LogP contribution is 2.31. The summed E-state index contributed by atoms with van der Waals surface area (Å²) in [4.78, 5) is 11.1. The van der Waals surface area contributed by atoms with Gasteiger partial charge in [0, 0.05) is 5.92 Å². The van der Waals surface area contributed by atoms with Gasteiger partial charge in [-0.2, -0.15) is 0 Å². The summed E-state index contributed by atoms with van der Waals surface area (Å²) in [6, 6.07) is 6.73. The van der Waals surface area contributed by atoms with Gasteiger partial charge in [0.2, 0.25) is 0 Å². The molecular formula is C10H10O3S. The van der Waals surface area contributed by atoms with Crippen molar-refractivity contribution < 1.29 is 13.2 Å². The van der Waals surface area contributed by atoms with Crippen molar-refractivity contribution >= 4 is 16.1 Å². The smallest absolute Gasteiger partial charge is 0.178 e. The van der Waals surface area contributed by atoms with E-state index in [-0.39, 0.29) is 11.7 Å². The molecule has 1 heterocycles. The molecule has 0 fully saturated rings. The van der Waals surface area contributed by atoms with Crippen molar-refractivity contribution in [2.24, 2.45) is 0 Å².